The van der Waals surface area contributed by atoms with Gasteiger partial charge in [-0.25, -0.2) is 0 Å². The molecule has 0 aliphatic carbocycles. The van der Waals surface area contributed by atoms with Gasteiger partial charge in [0, 0.05) is 48.8 Å². The van der Waals surface area contributed by atoms with E-state index in [-0.39, 0.29) is 5.78 Å². The molecule has 0 bridgehead atoms. The second kappa shape index (κ2) is 8.70. The Hall–Kier alpha value is -2.79. The van der Waals surface area contributed by atoms with Crippen molar-refractivity contribution in [1.29, 1.82) is 0 Å². The van der Waals surface area contributed by atoms with Crippen LogP contribution in [0.5, 0.6) is 5.75 Å². The van der Waals surface area contributed by atoms with Gasteiger partial charge in [0.25, 0.3) is 0 Å². The summed E-state index contributed by atoms with van der Waals surface area (Å²) in [7, 11) is 0. The van der Waals surface area contributed by atoms with Gasteiger partial charge in [-0.1, -0.05) is 37.3 Å². The zero-order valence-electron chi connectivity index (χ0n) is 17.3. The molecule has 2 heterocycles. The second-order valence-corrected chi connectivity index (χ2v) is 7.48. The number of aromatic nitrogens is 1. The van der Waals surface area contributed by atoms with Gasteiger partial charge in [-0.3, -0.25) is 9.69 Å². The monoisotopic (exact) mass is 391 g/mol. The predicted octanol–water partition coefficient (Wildman–Crippen LogP) is 4.13. The van der Waals surface area contributed by atoms with E-state index in [1.54, 1.807) is 0 Å². The maximum absolute atomic E-state index is 13.0. The minimum Gasteiger partial charge on any atom is -0.492 e. The maximum atomic E-state index is 13.0. The Bertz CT molecular complexity index is 987. The highest BCUT2D eigenvalue weighted by molar-refractivity contribution is 6.09. The quantitative estimate of drug-likeness (QED) is 0.615. The van der Waals surface area contributed by atoms with Crippen LogP contribution in [0.2, 0.25) is 0 Å². The number of H-pyrrole nitrogens is 1. The Morgan fingerprint density at radius 1 is 1.03 bits per heavy atom. The van der Waals surface area contributed by atoms with Gasteiger partial charge in [0.2, 0.25) is 0 Å². The molecule has 1 aliphatic rings. The van der Waals surface area contributed by atoms with Gasteiger partial charge in [0.15, 0.2) is 5.78 Å². The van der Waals surface area contributed by atoms with Crippen LogP contribution in [0.25, 0.3) is 10.9 Å². The zero-order valence-corrected chi connectivity index (χ0v) is 17.3. The van der Waals surface area contributed by atoms with E-state index in [9.17, 15) is 4.79 Å². The Morgan fingerprint density at radius 2 is 1.83 bits per heavy atom. The lowest BCUT2D eigenvalue weighted by atomic mass is 10.0. The largest absolute Gasteiger partial charge is 0.492 e. The maximum Gasteiger partial charge on any atom is 0.178 e. The van der Waals surface area contributed by atoms with Crippen molar-refractivity contribution >= 4 is 22.4 Å². The minimum atomic E-state index is 0.188. The lowest BCUT2D eigenvalue weighted by Crippen LogP contribution is -2.48. The summed E-state index contributed by atoms with van der Waals surface area (Å²) in [5.74, 6) is 1.12. The highest BCUT2D eigenvalue weighted by Gasteiger charge is 2.22. The van der Waals surface area contributed by atoms with Crippen molar-refractivity contribution in [3.63, 3.8) is 0 Å². The highest BCUT2D eigenvalue weighted by Crippen LogP contribution is 2.29. The SMILES string of the molecule is CCOc1ccccc1N1CCN(CC(=O)c2c[nH]c3c(CC)cccc23)CC1. The van der Waals surface area contributed by atoms with Crippen LogP contribution in [0.1, 0.15) is 29.8 Å². The number of piperazine rings is 1. The van der Waals surface area contributed by atoms with Crippen LogP contribution in [-0.2, 0) is 6.42 Å². The first-order valence-corrected chi connectivity index (χ1v) is 10.5. The summed E-state index contributed by atoms with van der Waals surface area (Å²) in [6, 6.07) is 14.4. The highest BCUT2D eigenvalue weighted by atomic mass is 16.5. The van der Waals surface area contributed by atoms with E-state index in [0.717, 1.165) is 60.5 Å². The lowest BCUT2D eigenvalue weighted by molar-refractivity contribution is 0.0928. The van der Waals surface area contributed by atoms with Crippen LogP contribution < -0.4 is 9.64 Å². The van der Waals surface area contributed by atoms with E-state index in [2.05, 4.69) is 39.9 Å². The van der Waals surface area contributed by atoms with Crippen molar-refractivity contribution < 1.29 is 9.53 Å². The number of ketones is 1. The summed E-state index contributed by atoms with van der Waals surface area (Å²) in [4.78, 5) is 20.9. The molecule has 1 saturated heterocycles. The molecule has 4 rings (SSSR count). The zero-order chi connectivity index (χ0) is 20.2. The number of para-hydroxylation sites is 3. The number of carbonyl (C=O) groups excluding carboxylic acids is 1. The predicted molar refractivity (Wildman–Crippen MR) is 118 cm³/mol. The molecule has 0 amide bonds. The molecule has 5 nitrogen and oxygen atoms in total. The van der Waals surface area contributed by atoms with Crippen molar-refractivity contribution in [2.24, 2.45) is 0 Å². The molecule has 2 aromatic carbocycles. The van der Waals surface area contributed by atoms with E-state index in [1.807, 2.05) is 37.4 Å². The van der Waals surface area contributed by atoms with Gasteiger partial charge in [0.05, 0.1) is 18.8 Å². The second-order valence-electron chi connectivity index (χ2n) is 7.48. The molecule has 5 heteroatoms. The van der Waals surface area contributed by atoms with Gasteiger partial charge in [-0.05, 0) is 31.0 Å². The number of Topliss-reactive ketones (excluding diaryl/α,β-unsaturated/α-hetero) is 1. The van der Waals surface area contributed by atoms with Crippen LogP contribution >= 0.6 is 0 Å². The van der Waals surface area contributed by atoms with Gasteiger partial charge in [0.1, 0.15) is 5.75 Å². The number of nitrogens with zero attached hydrogens (tertiary/aromatic N) is 2. The lowest BCUT2D eigenvalue weighted by Gasteiger charge is -2.36. The Kier molecular flexibility index (Phi) is 5.86. The number of aryl methyl sites for hydroxylation is 1. The normalized spacial score (nSPS) is 15.0. The third-order valence-corrected chi connectivity index (χ3v) is 5.73. The summed E-state index contributed by atoms with van der Waals surface area (Å²) < 4.78 is 5.78. The number of hydrogen-bond acceptors (Lipinski definition) is 4. The number of carbonyl (C=O) groups is 1. The first kappa shape index (κ1) is 19.5. The van der Waals surface area contributed by atoms with Crippen molar-refractivity contribution in [3.05, 3.63) is 59.8 Å². The van der Waals surface area contributed by atoms with Crippen LogP contribution in [-0.4, -0.2) is 55.0 Å². The van der Waals surface area contributed by atoms with Gasteiger partial charge in [-0.2, -0.15) is 0 Å². The average molecular weight is 392 g/mol. The molecule has 1 aliphatic heterocycles. The fourth-order valence-electron chi connectivity index (χ4n) is 4.17. The van der Waals surface area contributed by atoms with Crippen molar-refractivity contribution in [1.82, 2.24) is 9.88 Å². The molecular formula is C24H29N3O2. The first-order chi connectivity index (χ1) is 14.2. The van der Waals surface area contributed by atoms with E-state index >= 15 is 0 Å². The summed E-state index contributed by atoms with van der Waals surface area (Å²) in [6.07, 6.45) is 2.83. The molecule has 1 fully saturated rings. The van der Waals surface area contributed by atoms with Gasteiger partial charge < -0.3 is 14.6 Å². The van der Waals surface area contributed by atoms with Crippen LogP contribution in [0.4, 0.5) is 5.69 Å². The number of fused-ring (bicyclic) bond motifs is 1. The van der Waals surface area contributed by atoms with Crippen molar-refractivity contribution in [2.75, 3.05) is 44.2 Å². The molecule has 0 radical (unpaired) electrons. The number of hydrogen-bond donors (Lipinski definition) is 1. The third-order valence-electron chi connectivity index (χ3n) is 5.73. The smallest absolute Gasteiger partial charge is 0.178 e. The first-order valence-electron chi connectivity index (χ1n) is 10.5. The van der Waals surface area contributed by atoms with Crippen LogP contribution in [0, 0.1) is 0 Å². The summed E-state index contributed by atoms with van der Waals surface area (Å²) >= 11 is 0. The number of rotatable bonds is 7. The summed E-state index contributed by atoms with van der Waals surface area (Å²) in [5.41, 5.74) is 4.29. The fourth-order valence-corrected chi connectivity index (χ4v) is 4.17. The van der Waals surface area contributed by atoms with Crippen LogP contribution in [0.15, 0.2) is 48.7 Å². The summed E-state index contributed by atoms with van der Waals surface area (Å²) in [5, 5.41) is 1.04. The molecule has 0 atom stereocenters. The van der Waals surface area contributed by atoms with Gasteiger partial charge in [-0.15, -0.1) is 0 Å². The number of nitrogens with one attached hydrogen (secondary N) is 1. The fraction of sp³-hybridized carbons (Fsp3) is 0.375. The van der Waals surface area contributed by atoms with E-state index in [0.29, 0.717) is 13.2 Å². The molecule has 1 N–H and O–H groups in total. The standard InChI is InChI=1S/C24H29N3O2/c1-3-18-8-7-9-19-20(16-25-24(18)19)22(28)17-26-12-14-27(15-13-26)21-10-5-6-11-23(21)29-4-2/h5-11,16,25H,3-4,12-15,17H2,1-2H3. The van der Waals surface area contributed by atoms with Crippen LogP contribution in [0.3, 0.4) is 0 Å². The van der Waals surface area contributed by atoms with Crippen molar-refractivity contribution in [3.8, 4) is 5.75 Å². The van der Waals surface area contributed by atoms with Gasteiger partial charge >= 0.3 is 0 Å². The molecule has 0 spiro atoms. The molecule has 3 aromatic rings. The Balaban J connectivity index is 1.41. The molecule has 0 unspecified atom stereocenters. The van der Waals surface area contributed by atoms with E-state index < -0.39 is 0 Å². The summed E-state index contributed by atoms with van der Waals surface area (Å²) in [6.45, 7) is 8.80. The molecule has 1 aromatic heterocycles. The number of anilines is 1. The molecule has 29 heavy (non-hydrogen) atoms. The topological polar surface area (TPSA) is 48.6 Å². The van der Waals surface area contributed by atoms with Crippen molar-refractivity contribution in [2.45, 2.75) is 20.3 Å². The number of aromatic amines is 1. The van der Waals surface area contributed by atoms with E-state index in [4.69, 9.17) is 4.74 Å². The Labute approximate surface area is 172 Å². The molecular weight excluding hydrogens is 362 g/mol. The minimum absolute atomic E-state index is 0.188. The number of ether oxygens (including phenoxy) is 1. The third kappa shape index (κ3) is 4.01. The molecule has 152 valence electrons. The van der Waals surface area contributed by atoms with E-state index in [1.165, 1.54) is 5.56 Å². The number of benzene rings is 2. The molecule has 0 saturated carbocycles. The average Bonchev–Trinajstić information content (AvgIpc) is 3.19. The Morgan fingerprint density at radius 3 is 2.59 bits per heavy atom.